The molecule has 0 spiro atoms. The summed E-state index contributed by atoms with van der Waals surface area (Å²) < 4.78 is 0. The molecule has 0 unspecified atom stereocenters. The highest BCUT2D eigenvalue weighted by Crippen LogP contribution is 2.16. The average molecular weight is 416 g/mol. The Bertz CT molecular complexity index is 703. The van der Waals surface area contributed by atoms with Crippen LogP contribution in [0.2, 0.25) is 0 Å². The second kappa shape index (κ2) is 13.7. The van der Waals surface area contributed by atoms with Gasteiger partial charge >= 0.3 is 0 Å². The number of unbranched alkanes of at least 4 members (excludes halogenated alkanes) is 1. The van der Waals surface area contributed by atoms with Gasteiger partial charge in [-0.25, -0.2) is 0 Å². The van der Waals surface area contributed by atoms with Crippen LogP contribution in [-0.2, 0) is 20.8 Å². The lowest BCUT2D eigenvalue weighted by Crippen LogP contribution is -2.44. The third-order valence-electron chi connectivity index (χ3n) is 5.25. The van der Waals surface area contributed by atoms with E-state index >= 15 is 0 Å². The number of Topliss-reactive ketones (excluding diaryl/α,β-unsaturated/α-hetero) is 2. The van der Waals surface area contributed by atoms with Crippen molar-refractivity contribution in [2.45, 2.75) is 78.2 Å². The number of nitrogens with one attached hydrogen (secondary N) is 2. The minimum Gasteiger partial charge on any atom is -0.388 e. The molecule has 6 heteroatoms. The van der Waals surface area contributed by atoms with Crippen molar-refractivity contribution in [1.29, 1.82) is 5.41 Å². The van der Waals surface area contributed by atoms with Gasteiger partial charge < -0.3 is 15.8 Å². The standard InChI is InChI=1S/C24H37N3O3/c1-17(13-14-20-9-5-4-6-10-20)15-22(29)21(11-7-8-12-23(25)26)27-24(30)18(2)16-19(3)28/h4-6,9-10,17-18,21H,7-8,11-16H2,1-3H3,(H3,25,26)(H,27,30)/t17-,18+,21-/m0/s1. The molecule has 3 atom stereocenters. The molecule has 0 aromatic heterocycles. The maximum absolute atomic E-state index is 12.9. The molecule has 1 rings (SSSR count). The smallest absolute Gasteiger partial charge is 0.223 e. The van der Waals surface area contributed by atoms with Crippen molar-refractivity contribution in [1.82, 2.24) is 5.32 Å². The van der Waals surface area contributed by atoms with E-state index in [-0.39, 0.29) is 35.6 Å². The van der Waals surface area contributed by atoms with Crippen molar-refractivity contribution in [3.8, 4) is 0 Å². The Morgan fingerprint density at radius 1 is 1.03 bits per heavy atom. The van der Waals surface area contributed by atoms with E-state index in [4.69, 9.17) is 11.1 Å². The predicted octanol–water partition coefficient (Wildman–Crippen LogP) is 3.81. The summed E-state index contributed by atoms with van der Waals surface area (Å²) in [5, 5.41) is 10.2. The van der Waals surface area contributed by atoms with E-state index in [0.717, 1.165) is 12.8 Å². The molecule has 0 bridgehead atoms. The van der Waals surface area contributed by atoms with Crippen molar-refractivity contribution in [3.63, 3.8) is 0 Å². The highest BCUT2D eigenvalue weighted by molar-refractivity contribution is 5.91. The quantitative estimate of drug-likeness (QED) is 0.230. The molecule has 6 nitrogen and oxygen atoms in total. The van der Waals surface area contributed by atoms with E-state index in [9.17, 15) is 14.4 Å². The molecule has 1 aromatic carbocycles. The van der Waals surface area contributed by atoms with Gasteiger partial charge in [0.15, 0.2) is 5.78 Å². The number of amidine groups is 1. The van der Waals surface area contributed by atoms with Crippen LogP contribution < -0.4 is 11.1 Å². The van der Waals surface area contributed by atoms with Crippen molar-refractivity contribution in [2.75, 3.05) is 0 Å². The lowest BCUT2D eigenvalue weighted by atomic mass is 9.92. The van der Waals surface area contributed by atoms with Gasteiger partial charge in [0.05, 0.1) is 11.9 Å². The molecule has 0 aliphatic carbocycles. The maximum Gasteiger partial charge on any atom is 0.223 e. The van der Waals surface area contributed by atoms with Crippen LogP contribution in [0.25, 0.3) is 0 Å². The van der Waals surface area contributed by atoms with Gasteiger partial charge in [-0.3, -0.25) is 15.0 Å². The molecule has 0 heterocycles. The molecule has 4 N–H and O–H groups in total. The Kier molecular flexibility index (Phi) is 11.6. The van der Waals surface area contributed by atoms with E-state index in [2.05, 4.69) is 24.4 Å². The van der Waals surface area contributed by atoms with Crippen LogP contribution in [0.1, 0.15) is 71.3 Å². The maximum atomic E-state index is 12.9. The SMILES string of the molecule is CC(=O)C[C@@H](C)C(=O)N[C@@H](CCCCC(=N)N)C(=O)C[C@@H](C)CCc1ccccc1. The lowest BCUT2D eigenvalue weighted by Gasteiger charge is -2.21. The molecule has 30 heavy (non-hydrogen) atoms. The third-order valence-corrected chi connectivity index (χ3v) is 5.25. The summed E-state index contributed by atoms with van der Waals surface area (Å²) in [5.74, 6) is -0.383. The van der Waals surface area contributed by atoms with Crippen molar-refractivity contribution < 1.29 is 14.4 Å². The summed E-state index contributed by atoms with van der Waals surface area (Å²) in [6, 6.07) is 9.63. The van der Waals surface area contributed by atoms with E-state index < -0.39 is 12.0 Å². The molecular formula is C24H37N3O3. The van der Waals surface area contributed by atoms with E-state index in [0.29, 0.717) is 32.1 Å². The van der Waals surface area contributed by atoms with Crippen LogP contribution in [0.5, 0.6) is 0 Å². The molecule has 1 aromatic rings. The molecule has 0 radical (unpaired) electrons. The molecule has 0 saturated carbocycles. The fourth-order valence-electron chi connectivity index (χ4n) is 3.46. The zero-order valence-corrected chi connectivity index (χ0v) is 18.6. The second-order valence-corrected chi connectivity index (χ2v) is 8.44. The number of ketones is 2. The first-order valence-corrected chi connectivity index (χ1v) is 10.9. The van der Waals surface area contributed by atoms with Crippen LogP contribution in [0.3, 0.4) is 0 Å². The van der Waals surface area contributed by atoms with Crippen molar-refractivity contribution in [2.24, 2.45) is 17.6 Å². The number of aryl methyl sites for hydroxylation is 1. The summed E-state index contributed by atoms with van der Waals surface area (Å²) in [5.41, 5.74) is 6.65. The van der Waals surface area contributed by atoms with Crippen molar-refractivity contribution in [3.05, 3.63) is 35.9 Å². The lowest BCUT2D eigenvalue weighted by molar-refractivity contribution is -0.132. The molecule has 0 fully saturated rings. The van der Waals surface area contributed by atoms with Crippen molar-refractivity contribution >= 4 is 23.3 Å². The summed E-state index contributed by atoms with van der Waals surface area (Å²) in [4.78, 5) is 36.7. The average Bonchev–Trinajstić information content (AvgIpc) is 2.68. The minimum absolute atomic E-state index is 0.0294. The Hall–Kier alpha value is -2.50. The zero-order valence-electron chi connectivity index (χ0n) is 18.6. The number of hydrogen-bond donors (Lipinski definition) is 3. The Morgan fingerprint density at radius 2 is 1.70 bits per heavy atom. The third kappa shape index (κ3) is 10.9. The first-order chi connectivity index (χ1) is 14.2. The highest BCUT2D eigenvalue weighted by Gasteiger charge is 2.24. The van der Waals surface area contributed by atoms with Crippen LogP contribution in [0.4, 0.5) is 0 Å². The van der Waals surface area contributed by atoms with Crippen LogP contribution in [-0.4, -0.2) is 29.4 Å². The first-order valence-electron chi connectivity index (χ1n) is 10.9. The van der Waals surface area contributed by atoms with Gasteiger partial charge in [0, 0.05) is 25.2 Å². The Labute approximate surface area is 180 Å². The number of hydrogen-bond acceptors (Lipinski definition) is 4. The zero-order chi connectivity index (χ0) is 22.5. The van der Waals surface area contributed by atoms with Crippen LogP contribution in [0, 0.1) is 17.2 Å². The monoisotopic (exact) mass is 415 g/mol. The molecule has 0 aliphatic rings. The fourth-order valence-corrected chi connectivity index (χ4v) is 3.46. The highest BCUT2D eigenvalue weighted by atomic mass is 16.2. The number of benzene rings is 1. The van der Waals surface area contributed by atoms with Gasteiger partial charge in [0.1, 0.15) is 5.78 Å². The number of rotatable bonds is 15. The largest absolute Gasteiger partial charge is 0.388 e. The van der Waals surface area contributed by atoms with E-state index in [1.54, 1.807) is 6.92 Å². The normalized spacial score (nSPS) is 13.8. The van der Waals surface area contributed by atoms with Gasteiger partial charge in [0.2, 0.25) is 5.91 Å². The molecule has 0 saturated heterocycles. The van der Waals surface area contributed by atoms with Crippen LogP contribution in [0.15, 0.2) is 30.3 Å². The molecular weight excluding hydrogens is 378 g/mol. The van der Waals surface area contributed by atoms with Gasteiger partial charge in [0.25, 0.3) is 0 Å². The molecule has 166 valence electrons. The first kappa shape index (κ1) is 25.5. The topological polar surface area (TPSA) is 113 Å². The van der Waals surface area contributed by atoms with Gasteiger partial charge in [-0.1, -0.05) is 50.6 Å². The fraction of sp³-hybridized carbons (Fsp3) is 0.583. The minimum atomic E-state index is -0.557. The van der Waals surface area contributed by atoms with E-state index in [1.165, 1.54) is 12.5 Å². The van der Waals surface area contributed by atoms with Crippen LogP contribution >= 0.6 is 0 Å². The number of carbonyl (C=O) groups excluding carboxylic acids is 3. The molecule has 1 amide bonds. The predicted molar refractivity (Wildman–Crippen MR) is 120 cm³/mol. The summed E-state index contributed by atoms with van der Waals surface area (Å²) in [6.45, 7) is 5.23. The van der Waals surface area contributed by atoms with Gasteiger partial charge in [-0.15, -0.1) is 0 Å². The Morgan fingerprint density at radius 3 is 2.30 bits per heavy atom. The number of nitrogens with two attached hydrogens (primary N) is 1. The molecule has 0 aliphatic heterocycles. The number of amides is 1. The van der Waals surface area contributed by atoms with E-state index in [1.807, 2.05) is 18.2 Å². The summed E-state index contributed by atoms with van der Waals surface area (Å²) >= 11 is 0. The Balaban J connectivity index is 2.63. The second-order valence-electron chi connectivity index (χ2n) is 8.44. The van der Waals surface area contributed by atoms with Gasteiger partial charge in [-0.05, 0) is 44.1 Å². The van der Waals surface area contributed by atoms with Gasteiger partial charge in [-0.2, -0.15) is 0 Å². The number of carbonyl (C=O) groups is 3. The summed E-state index contributed by atoms with van der Waals surface area (Å²) in [6.07, 6.45) is 4.83. The summed E-state index contributed by atoms with van der Waals surface area (Å²) in [7, 11) is 0.